The Kier molecular flexibility index (Phi) is 4.31. The van der Waals surface area contributed by atoms with Crippen LogP contribution in [0.15, 0.2) is 24.3 Å². The second kappa shape index (κ2) is 5.60. The number of halogens is 1. The molecule has 0 bridgehead atoms. The fourth-order valence-corrected chi connectivity index (χ4v) is 3.46. The van der Waals surface area contributed by atoms with Gasteiger partial charge in [-0.3, -0.25) is 0 Å². The first kappa shape index (κ1) is 13.9. The van der Waals surface area contributed by atoms with E-state index in [1.54, 1.807) is 0 Å². The fourth-order valence-electron chi connectivity index (χ4n) is 3.24. The van der Waals surface area contributed by atoms with Gasteiger partial charge in [-0.05, 0) is 51.1 Å². The van der Waals surface area contributed by atoms with Gasteiger partial charge in [0.15, 0.2) is 0 Å². The SMILES string of the molecule is CN(C)C1(C(N)Cc2cccc(Cl)c2)CCCC1. The molecular formula is C15H23ClN2. The Morgan fingerprint density at radius 2 is 2.00 bits per heavy atom. The van der Waals surface area contributed by atoms with Gasteiger partial charge < -0.3 is 10.6 Å². The Morgan fingerprint density at radius 1 is 1.33 bits per heavy atom. The maximum atomic E-state index is 6.51. The number of likely N-dealkylation sites (N-methyl/N-ethyl adjacent to an activating group) is 1. The molecule has 100 valence electrons. The van der Waals surface area contributed by atoms with E-state index in [1.807, 2.05) is 18.2 Å². The second-order valence-corrected chi connectivity index (χ2v) is 6.08. The van der Waals surface area contributed by atoms with Gasteiger partial charge in [-0.2, -0.15) is 0 Å². The average Bonchev–Trinajstić information content (AvgIpc) is 2.79. The summed E-state index contributed by atoms with van der Waals surface area (Å²) in [5.41, 5.74) is 7.92. The zero-order chi connectivity index (χ0) is 13.2. The van der Waals surface area contributed by atoms with Gasteiger partial charge in [0.25, 0.3) is 0 Å². The molecule has 1 saturated carbocycles. The summed E-state index contributed by atoms with van der Waals surface area (Å²) >= 11 is 6.03. The Labute approximate surface area is 115 Å². The molecule has 0 heterocycles. The number of benzene rings is 1. The molecule has 1 aromatic rings. The van der Waals surface area contributed by atoms with Gasteiger partial charge in [0.1, 0.15) is 0 Å². The summed E-state index contributed by atoms with van der Waals surface area (Å²) in [7, 11) is 4.31. The largest absolute Gasteiger partial charge is 0.326 e. The molecule has 1 aromatic carbocycles. The molecular weight excluding hydrogens is 244 g/mol. The summed E-state index contributed by atoms with van der Waals surface area (Å²) in [5, 5.41) is 0.796. The highest BCUT2D eigenvalue weighted by Gasteiger charge is 2.41. The molecule has 2 nitrogen and oxygen atoms in total. The van der Waals surface area contributed by atoms with Crippen molar-refractivity contribution < 1.29 is 0 Å². The maximum Gasteiger partial charge on any atom is 0.0408 e. The van der Waals surface area contributed by atoms with E-state index in [4.69, 9.17) is 17.3 Å². The van der Waals surface area contributed by atoms with Gasteiger partial charge in [-0.1, -0.05) is 36.6 Å². The lowest BCUT2D eigenvalue weighted by molar-refractivity contribution is 0.123. The molecule has 1 atom stereocenters. The summed E-state index contributed by atoms with van der Waals surface area (Å²) in [5.74, 6) is 0. The third-order valence-electron chi connectivity index (χ3n) is 4.39. The van der Waals surface area contributed by atoms with Crippen molar-refractivity contribution in [2.75, 3.05) is 14.1 Å². The quantitative estimate of drug-likeness (QED) is 0.908. The molecule has 1 aliphatic rings. The van der Waals surface area contributed by atoms with Crippen LogP contribution in [0, 0.1) is 0 Å². The minimum Gasteiger partial charge on any atom is -0.326 e. The molecule has 1 unspecified atom stereocenters. The first-order valence-corrected chi connectivity index (χ1v) is 7.10. The molecule has 0 aromatic heterocycles. The van der Waals surface area contributed by atoms with Crippen LogP contribution in [0.5, 0.6) is 0 Å². The smallest absolute Gasteiger partial charge is 0.0408 e. The van der Waals surface area contributed by atoms with Crippen LogP contribution >= 0.6 is 11.6 Å². The van der Waals surface area contributed by atoms with Crippen molar-refractivity contribution in [3.63, 3.8) is 0 Å². The fraction of sp³-hybridized carbons (Fsp3) is 0.600. The average molecular weight is 267 g/mol. The number of nitrogens with zero attached hydrogens (tertiary/aromatic N) is 1. The Balaban J connectivity index is 2.13. The van der Waals surface area contributed by atoms with Gasteiger partial charge in [0.2, 0.25) is 0 Å². The van der Waals surface area contributed by atoms with Crippen molar-refractivity contribution in [1.82, 2.24) is 4.90 Å². The van der Waals surface area contributed by atoms with E-state index >= 15 is 0 Å². The number of nitrogens with two attached hydrogens (primary N) is 1. The topological polar surface area (TPSA) is 29.3 Å². The molecule has 2 rings (SSSR count). The predicted octanol–water partition coefficient (Wildman–Crippen LogP) is 3.08. The molecule has 1 aliphatic carbocycles. The Hall–Kier alpha value is -0.570. The predicted molar refractivity (Wildman–Crippen MR) is 78.0 cm³/mol. The molecule has 0 spiro atoms. The molecule has 2 N–H and O–H groups in total. The molecule has 0 aliphatic heterocycles. The summed E-state index contributed by atoms with van der Waals surface area (Å²) in [6.07, 6.45) is 5.91. The van der Waals surface area contributed by atoms with E-state index in [9.17, 15) is 0 Å². The van der Waals surface area contributed by atoms with Crippen LogP contribution in [0.1, 0.15) is 31.2 Å². The summed E-state index contributed by atoms with van der Waals surface area (Å²) in [6, 6.07) is 8.23. The van der Waals surface area contributed by atoms with E-state index < -0.39 is 0 Å². The van der Waals surface area contributed by atoms with Crippen molar-refractivity contribution in [1.29, 1.82) is 0 Å². The zero-order valence-electron chi connectivity index (χ0n) is 11.3. The van der Waals surface area contributed by atoms with Crippen molar-refractivity contribution in [2.24, 2.45) is 5.73 Å². The maximum absolute atomic E-state index is 6.51. The van der Waals surface area contributed by atoms with Crippen LogP contribution in [-0.4, -0.2) is 30.6 Å². The lowest BCUT2D eigenvalue weighted by atomic mass is 9.84. The molecule has 0 amide bonds. The van der Waals surface area contributed by atoms with E-state index in [-0.39, 0.29) is 11.6 Å². The Morgan fingerprint density at radius 3 is 2.56 bits per heavy atom. The van der Waals surface area contributed by atoms with Crippen LogP contribution < -0.4 is 5.73 Å². The van der Waals surface area contributed by atoms with Crippen LogP contribution in [0.4, 0.5) is 0 Å². The molecule has 18 heavy (non-hydrogen) atoms. The highest BCUT2D eigenvalue weighted by Crippen LogP contribution is 2.37. The van der Waals surface area contributed by atoms with Gasteiger partial charge in [-0.25, -0.2) is 0 Å². The summed E-state index contributed by atoms with van der Waals surface area (Å²) < 4.78 is 0. The minimum atomic E-state index is 0.169. The van der Waals surface area contributed by atoms with Crippen molar-refractivity contribution >= 4 is 11.6 Å². The van der Waals surface area contributed by atoms with Crippen molar-refractivity contribution in [3.05, 3.63) is 34.9 Å². The van der Waals surface area contributed by atoms with E-state index in [2.05, 4.69) is 25.1 Å². The van der Waals surface area contributed by atoms with Crippen LogP contribution in [0.2, 0.25) is 5.02 Å². The lowest BCUT2D eigenvalue weighted by Gasteiger charge is -2.41. The van der Waals surface area contributed by atoms with Crippen molar-refractivity contribution in [3.8, 4) is 0 Å². The summed E-state index contributed by atoms with van der Waals surface area (Å²) in [4.78, 5) is 2.33. The van der Waals surface area contributed by atoms with Gasteiger partial charge >= 0.3 is 0 Å². The summed E-state index contributed by atoms with van der Waals surface area (Å²) in [6.45, 7) is 0. The number of hydrogen-bond acceptors (Lipinski definition) is 2. The Bertz CT molecular complexity index is 397. The first-order chi connectivity index (χ1) is 8.54. The highest BCUT2D eigenvalue weighted by molar-refractivity contribution is 6.30. The van der Waals surface area contributed by atoms with Crippen molar-refractivity contribution in [2.45, 2.75) is 43.7 Å². The zero-order valence-corrected chi connectivity index (χ0v) is 12.1. The van der Waals surface area contributed by atoms with E-state index in [0.717, 1.165) is 11.4 Å². The standard InChI is InChI=1S/C15H23ClN2/c1-18(2)15(8-3-4-9-15)14(17)11-12-6-5-7-13(16)10-12/h5-7,10,14H,3-4,8-9,11,17H2,1-2H3. The van der Waals surface area contributed by atoms with E-state index in [0.29, 0.717) is 0 Å². The molecule has 1 fully saturated rings. The second-order valence-electron chi connectivity index (χ2n) is 5.65. The lowest BCUT2D eigenvalue weighted by Crippen LogP contribution is -2.56. The first-order valence-electron chi connectivity index (χ1n) is 6.72. The number of rotatable bonds is 4. The monoisotopic (exact) mass is 266 g/mol. The molecule has 0 saturated heterocycles. The normalized spacial score (nSPS) is 20.3. The van der Waals surface area contributed by atoms with Crippen LogP contribution in [0.25, 0.3) is 0 Å². The van der Waals surface area contributed by atoms with Crippen LogP contribution in [-0.2, 0) is 6.42 Å². The van der Waals surface area contributed by atoms with Gasteiger partial charge in [0.05, 0.1) is 0 Å². The van der Waals surface area contributed by atoms with E-state index in [1.165, 1.54) is 31.2 Å². The van der Waals surface area contributed by atoms with Crippen LogP contribution in [0.3, 0.4) is 0 Å². The van der Waals surface area contributed by atoms with Gasteiger partial charge in [-0.15, -0.1) is 0 Å². The molecule has 0 radical (unpaired) electrons. The third kappa shape index (κ3) is 2.71. The highest BCUT2D eigenvalue weighted by atomic mass is 35.5. The number of hydrogen-bond donors (Lipinski definition) is 1. The minimum absolute atomic E-state index is 0.169. The third-order valence-corrected chi connectivity index (χ3v) is 4.63. The van der Waals surface area contributed by atoms with Gasteiger partial charge in [0, 0.05) is 16.6 Å². The molecule has 3 heteroatoms.